The molecule has 7 nitrogen and oxygen atoms in total. The van der Waals surface area contributed by atoms with Gasteiger partial charge in [0, 0.05) is 24.2 Å². The number of hydrogen-bond acceptors (Lipinski definition) is 7. The number of furan rings is 2. The van der Waals surface area contributed by atoms with Crippen molar-refractivity contribution in [3.05, 3.63) is 48.3 Å². The zero-order valence-electron chi connectivity index (χ0n) is 14.4. The molecule has 5 rings (SSSR count). The molecule has 0 N–H and O–H groups in total. The maximum Gasteiger partial charge on any atom is 0.374 e. The highest BCUT2D eigenvalue weighted by atomic mass is 16.6. The Kier molecular flexibility index (Phi) is 3.70. The summed E-state index contributed by atoms with van der Waals surface area (Å²) >= 11 is 0. The van der Waals surface area contributed by atoms with Gasteiger partial charge in [-0.15, -0.1) is 0 Å². The Labute approximate surface area is 154 Å². The number of ketones is 1. The second-order valence-corrected chi connectivity index (χ2v) is 7.45. The van der Waals surface area contributed by atoms with Gasteiger partial charge in [0.25, 0.3) is 0 Å². The molecule has 140 valence electrons. The third-order valence-corrected chi connectivity index (χ3v) is 6.21. The lowest BCUT2D eigenvalue weighted by Gasteiger charge is -2.36. The van der Waals surface area contributed by atoms with Gasteiger partial charge in [0.05, 0.1) is 12.5 Å². The highest BCUT2D eigenvalue weighted by Crippen LogP contribution is 2.59. The number of Topliss-reactive ketones (excluding diaryl/α,β-unsaturated/α-hetero) is 1. The number of fused-ring (bicyclic) bond motifs is 5. The quantitative estimate of drug-likeness (QED) is 0.764. The lowest BCUT2D eigenvalue weighted by atomic mass is 9.78. The zero-order valence-corrected chi connectivity index (χ0v) is 14.4. The van der Waals surface area contributed by atoms with Gasteiger partial charge in [0.1, 0.15) is 18.0 Å². The Morgan fingerprint density at radius 1 is 0.889 bits per heavy atom. The number of carbonyl (C=O) groups excluding carboxylic acids is 3. The van der Waals surface area contributed by atoms with E-state index in [9.17, 15) is 14.4 Å². The van der Waals surface area contributed by atoms with E-state index in [4.69, 9.17) is 18.3 Å². The van der Waals surface area contributed by atoms with E-state index in [1.807, 2.05) is 0 Å². The molecule has 0 aliphatic heterocycles. The maximum atomic E-state index is 12.4. The van der Waals surface area contributed by atoms with Gasteiger partial charge in [-0.3, -0.25) is 4.79 Å². The van der Waals surface area contributed by atoms with Crippen molar-refractivity contribution in [2.24, 2.45) is 23.7 Å². The van der Waals surface area contributed by atoms with Crippen LogP contribution in [0.3, 0.4) is 0 Å². The summed E-state index contributed by atoms with van der Waals surface area (Å²) in [5, 5.41) is 0. The molecule has 7 heteroatoms. The molecule has 3 saturated carbocycles. The molecular weight excluding hydrogens is 352 g/mol. The molecule has 3 aliphatic carbocycles. The van der Waals surface area contributed by atoms with Crippen LogP contribution in [0.15, 0.2) is 45.6 Å². The Morgan fingerprint density at radius 3 is 2.04 bits per heavy atom. The summed E-state index contributed by atoms with van der Waals surface area (Å²) in [5.41, 5.74) is 0. The molecule has 3 aliphatic rings. The number of esters is 2. The number of hydrogen-bond donors (Lipinski definition) is 0. The minimum atomic E-state index is -0.658. The average molecular weight is 370 g/mol. The molecule has 6 unspecified atom stereocenters. The molecule has 2 bridgehead atoms. The first-order chi connectivity index (χ1) is 13.1. The average Bonchev–Trinajstić information content (AvgIpc) is 3.45. The fourth-order valence-electron chi connectivity index (χ4n) is 5.23. The van der Waals surface area contributed by atoms with E-state index >= 15 is 0 Å². The van der Waals surface area contributed by atoms with Gasteiger partial charge in [0.15, 0.2) is 0 Å². The van der Waals surface area contributed by atoms with Crippen LogP contribution in [0, 0.1) is 23.7 Å². The Morgan fingerprint density at radius 2 is 1.48 bits per heavy atom. The topological polar surface area (TPSA) is 96.0 Å². The van der Waals surface area contributed by atoms with E-state index in [-0.39, 0.29) is 41.0 Å². The summed E-state index contributed by atoms with van der Waals surface area (Å²) in [6, 6.07) is 6.25. The second-order valence-electron chi connectivity index (χ2n) is 7.45. The lowest BCUT2D eigenvalue weighted by molar-refractivity contribution is -0.127. The normalized spacial score (nSPS) is 33.9. The van der Waals surface area contributed by atoms with Crippen molar-refractivity contribution >= 4 is 17.7 Å². The van der Waals surface area contributed by atoms with Crippen LogP contribution in [0.5, 0.6) is 0 Å². The summed E-state index contributed by atoms with van der Waals surface area (Å²) < 4.78 is 21.6. The van der Waals surface area contributed by atoms with Gasteiger partial charge in [-0.25, -0.2) is 9.59 Å². The minimum absolute atomic E-state index is 0.0137. The molecule has 3 fully saturated rings. The number of rotatable bonds is 4. The van der Waals surface area contributed by atoms with Crippen molar-refractivity contribution in [1.29, 1.82) is 0 Å². The van der Waals surface area contributed by atoms with Crippen LogP contribution in [0.1, 0.15) is 40.4 Å². The molecule has 0 aromatic carbocycles. The molecule has 2 aromatic heterocycles. The molecule has 2 heterocycles. The van der Waals surface area contributed by atoms with Crippen LogP contribution >= 0.6 is 0 Å². The van der Waals surface area contributed by atoms with E-state index in [2.05, 4.69) is 0 Å². The SMILES string of the molecule is O=C(OC1C2CC(C1OC(=O)c1ccco1)C1C(=O)CCC21)c1ccco1. The van der Waals surface area contributed by atoms with Gasteiger partial charge >= 0.3 is 11.9 Å². The molecule has 27 heavy (non-hydrogen) atoms. The summed E-state index contributed by atoms with van der Waals surface area (Å²) in [6.45, 7) is 0. The first kappa shape index (κ1) is 16.4. The van der Waals surface area contributed by atoms with Crippen molar-refractivity contribution < 1.29 is 32.7 Å². The van der Waals surface area contributed by atoms with Gasteiger partial charge in [-0.2, -0.15) is 0 Å². The van der Waals surface area contributed by atoms with E-state index in [1.165, 1.54) is 24.7 Å². The van der Waals surface area contributed by atoms with Crippen LogP contribution < -0.4 is 0 Å². The van der Waals surface area contributed by atoms with Crippen molar-refractivity contribution in [3.8, 4) is 0 Å². The van der Waals surface area contributed by atoms with Crippen molar-refractivity contribution in [1.82, 2.24) is 0 Å². The fraction of sp³-hybridized carbons (Fsp3) is 0.450. The largest absolute Gasteiger partial charge is 0.457 e. The molecule has 0 saturated heterocycles. The van der Waals surface area contributed by atoms with E-state index in [0.717, 1.165) is 6.42 Å². The highest BCUT2D eigenvalue weighted by Gasteiger charge is 2.64. The van der Waals surface area contributed by atoms with E-state index in [1.54, 1.807) is 12.1 Å². The predicted molar refractivity (Wildman–Crippen MR) is 88.6 cm³/mol. The van der Waals surface area contributed by atoms with Crippen molar-refractivity contribution in [2.45, 2.75) is 31.5 Å². The molecule has 2 aromatic rings. The highest BCUT2D eigenvalue weighted by molar-refractivity contribution is 5.88. The zero-order chi connectivity index (χ0) is 18.5. The van der Waals surface area contributed by atoms with Crippen LogP contribution in [0.2, 0.25) is 0 Å². The summed E-state index contributed by atoms with van der Waals surface area (Å²) in [7, 11) is 0. The summed E-state index contributed by atoms with van der Waals surface area (Å²) in [4.78, 5) is 37.2. The fourth-order valence-corrected chi connectivity index (χ4v) is 5.23. The standard InChI is InChI=1S/C20H18O7/c21-13-6-5-10-11-9-12(16(10)13)18(27-20(23)15-4-2-8-25-15)17(11)26-19(22)14-3-1-7-24-14/h1-4,7-8,10-12,16-18H,5-6,9H2. The van der Waals surface area contributed by atoms with E-state index < -0.39 is 24.1 Å². The number of carbonyl (C=O) groups is 3. The van der Waals surface area contributed by atoms with Crippen molar-refractivity contribution in [3.63, 3.8) is 0 Å². The molecule has 6 atom stereocenters. The van der Waals surface area contributed by atoms with Gasteiger partial charge in [0.2, 0.25) is 11.5 Å². The number of ether oxygens (including phenoxy) is 2. The third-order valence-electron chi connectivity index (χ3n) is 6.21. The second kappa shape index (κ2) is 6.11. The Balaban J connectivity index is 1.41. The lowest BCUT2D eigenvalue weighted by Crippen LogP contribution is -2.46. The summed E-state index contributed by atoms with van der Waals surface area (Å²) in [6.07, 6.45) is 3.61. The smallest absolute Gasteiger partial charge is 0.374 e. The Hall–Kier alpha value is -2.83. The monoisotopic (exact) mass is 370 g/mol. The first-order valence-electron chi connectivity index (χ1n) is 9.15. The van der Waals surface area contributed by atoms with Gasteiger partial charge in [-0.1, -0.05) is 0 Å². The van der Waals surface area contributed by atoms with Crippen LogP contribution in [-0.2, 0) is 14.3 Å². The van der Waals surface area contributed by atoms with Crippen molar-refractivity contribution in [2.75, 3.05) is 0 Å². The molecule has 0 radical (unpaired) electrons. The van der Waals surface area contributed by atoms with Gasteiger partial charge < -0.3 is 18.3 Å². The summed E-state index contributed by atoms with van der Waals surface area (Å²) in [5.74, 6) is -0.809. The first-order valence-corrected chi connectivity index (χ1v) is 9.15. The third kappa shape index (κ3) is 2.52. The van der Waals surface area contributed by atoms with Crippen LogP contribution in [-0.4, -0.2) is 29.9 Å². The molecule has 0 spiro atoms. The van der Waals surface area contributed by atoms with Crippen LogP contribution in [0.25, 0.3) is 0 Å². The van der Waals surface area contributed by atoms with E-state index in [0.29, 0.717) is 12.8 Å². The maximum absolute atomic E-state index is 12.4. The Bertz CT molecular complexity index is 866. The predicted octanol–water partition coefficient (Wildman–Crippen LogP) is 2.87. The molecular formula is C20H18O7. The minimum Gasteiger partial charge on any atom is -0.457 e. The molecule has 0 amide bonds. The van der Waals surface area contributed by atoms with Crippen LogP contribution in [0.4, 0.5) is 0 Å². The van der Waals surface area contributed by atoms with Gasteiger partial charge in [-0.05, 0) is 43.0 Å².